The molecule has 0 spiro atoms. The summed E-state index contributed by atoms with van der Waals surface area (Å²) >= 11 is 0. The van der Waals surface area contributed by atoms with Gasteiger partial charge in [0.25, 0.3) is 10.0 Å². The highest BCUT2D eigenvalue weighted by Gasteiger charge is 2.31. The summed E-state index contributed by atoms with van der Waals surface area (Å²) in [7, 11) is -4.11. The topological polar surface area (TPSA) is 46.5 Å². The smallest absolute Gasteiger partial charge is 0.199 e. The molecular formula is C21H16F3NO2S. The van der Waals surface area contributed by atoms with Crippen LogP contribution >= 0.6 is 0 Å². The first-order chi connectivity index (χ1) is 13.2. The Morgan fingerprint density at radius 1 is 0.821 bits per heavy atom. The Morgan fingerprint density at radius 2 is 1.43 bits per heavy atom. The van der Waals surface area contributed by atoms with Gasteiger partial charge in [-0.05, 0) is 31.2 Å². The number of sulfonamides is 1. The molecule has 0 amide bonds. The van der Waals surface area contributed by atoms with Gasteiger partial charge in [-0.25, -0.2) is 0 Å². The van der Waals surface area contributed by atoms with Crippen LogP contribution in [-0.4, -0.2) is 14.1 Å². The van der Waals surface area contributed by atoms with Crippen molar-refractivity contribution in [2.24, 2.45) is 4.40 Å². The van der Waals surface area contributed by atoms with Crippen molar-refractivity contribution in [2.45, 2.75) is 18.0 Å². The van der Waals surface area contributed by atoms with Crippen LogP contribution in [0.4, 0.5) is 13.2 Å². The van der Waals surface area contributed by atoms with E-state index >= 15 is 0 Å². The summed E-state index contributed by atoms with van der Waals surface area (Å²) in [6.45, 7) is 1.82. The van der Waals surface area contributed by atoms with E-state index in [0.717, 1.165) is 17.7 Å². The van der Waals surface area contributed by atoms with Crippen molar-refractivity contribution in [1.82, 2.24) is 0 Å². The van der Waals surface area contributed by atoms with Crippen LogP contribution in [0, 0.1) is 6.92 Å². The molecule has 3 aromatic rings. The molecule has 0 aliphatic rings. The lowest BCUT2D eigenvalue weighted by atomic mass is 10.0. The SMILES string of the molecule is Cc1ccc(S(=O)(=O)/N=C(\c2ccccc2)c2cccc(C(F)(F)F)c2)cc1. The predicted octanol–water partition coefficient (Wildman–Crippen LogP) is 5.24. The first-order valence-corrected chi connectivity index (χ1v) is 9.75. The summed E-state index contributed by atoms with van der Waals surface area (Å²) in [5.41, 5.74) is 0.423. The summed E-state index contributed by atoms with van der Waals surface area (Å²) in [6, 6.07) is 18.8. The first kappa shape index (κ1) is 19.8. The second kappa shape index (κ2) is 7.59. The van der Waals surface area contributed by atoms with Crippen LogP contribution in [0.2, 0.25) is 0 Å². The highest BCUT2D eigenvalue weighted by molar-refractivity contribution is 7.90. The Kier molecular flexibility index (Phi) is 5.38. The molecule has 0 saturated carbocycles. The summed E-state index contributed by atoms with van der Waals surface area (Å²) in [5.74, 6) is 0. The van der Waals surface area contributed by atoms with Crippen molar-refractivity contribution >= 4 is 15.7 Å². The van der Waals surface area contributed by atoms with Crippen LogP contribution in [0.25, 0.3) is 0 Å². The van der Waals surface area contributed by atoms with Gasteiger partial charge in [-0.1, -0.05) is 60.2 Å². The van der Waals surface area contributed by atoms with Crippen LogP contribution < -0.4 is 0 Å². The molecule has 3 nitrogen and oxygen atoms in total. The molecule has 0 aliphatic heterocycles. The molecule has 0 fully saturated rings. The molecule has 0 heterocycles. The third-order valence-corrected chi connectivity index (χ3v) is 5.33. The Morgan fingerprint density at radius 3 is 2.04 bits per heavy atom. The van der Waals surface area contributed by atoms with Crippen LogP contribution in [0.15, 0.2) is 88.2 Å². The fourth-order valence-corrected chi connectivity index (χ4v) is 3.63. The minimum Gasteiger partial charge on any atom is -0.199 e. The fourth-order valence-electron chi connectivity index (χ4n) is 2.59. The number of nitrogens with zero attached hydrogens (tertiary/aromatic N) is 1. The highest BCUT2D eigenvalue weighted by atomic mass is 32.2. The molecule has 0 saturated heterocycles. The highest BCUT2D eigenvalue weighted by Crippen LogP contribution is 2.30. The zero-order chi connectivity index (χ0) is 20.4. The van der Waals surface area contributed by atoms with Gasteiger partial charge in [-0.15, -0.1) is 0 Å². The number of hydrogen-bond donors (Lipinski definition) is 0. The molecule has 0 unspecified atom stereocenters. The summed E-state index contributed by atoms with van der Waals surface area (Å²) in [4.78, 5) is -0.0292. The molecule has 144 valence electrons. The molecule has 0 bridgehead atoms. The van der Waals surface area contributed by atoms with Crippen LogP contribution in [0.1, 0.15) is 22.3 Å². The Labute approximate surface area is 161 Å². The van der Waals surface area contributed by atoms with Crippen molar-refractivity contribution in [3.63, 3.8) is 0 Å². The van der Waals surface area contributed by atoms with Gasteiger partial charge in [0.2, 0.25) is 0 Å². The molecule has 3 rings (SSSR count). The minimum atomic E-state index is -4.55. The predicted molar refractivity (Wildman–Crippen MR) is 102 cm³/mol. The quantitative estimate of drug-likeness (QED) is 0.559. The average Bonchev–Trinajstić information content (AvgIpc) is 2.67. The standard InChI is InChI=1S/C21H16F3NO2S/c1-15-10-12-19(13-11-15)28(26,27)25-20(16-6-3-2-4-7-16)17-8-5-9-18(14-17)21(22,23)24/h2-14H,1H3/b25-20+. The van der Waals surface area contributed by atoms with E-state index in [4.69, 9.17) is 0 Å². The molecule has 0 N–H and O–H groups in total. The molecule has 3 aromatic carbocycles. The largest absolute Gasteiger partial charge is 0.416 e. The van der Waals surface area contributed by atoms with E-state index in [-0.39, 0.29) is 16.2 Å². The van der Waals surface area contributed by atoms with Gasteiger partial charge < -0.3 is 0 Å². The molecular weight excluding hydrogens is 387 g/mol. The average molecular weight is 403 g/mol. The second-order valence-electron chi connectivity index (χ2n) is 6.17. The zero-order valence-electron chi connectivity index (χ0n) is 14.8. The van der Waals surface area contributed by atoms with Gasteiger partial charge in [-0.2, -0.15) is 26.0 Å². The van der Waals surface area contributed by atoms with Gasteiger partial charge in [0.05, 0.1) is 16.2 Å². The number of benzene rings is 3. The van der Waals surface area contributed by atoms with E-state index in [9.17, 15) is 21.6 Å². The van der Waals surface area contributed by atoms with Gasteiger partial charge in [0, 0.05) is 11.1 Å². The van der Waals surface area contributed by atoms with E-state index in [2.05, 4.69) is 4.40 Å². The third-order valence-electron chi connectivity index (χ3n) is 4.04. The van der Waals surface area contributed by atoms with E-state index < -0.39 is 21.8 Å². The summed E-state index contributed by atoms with van der Waals surface area (Å²) in [6.07, 6.45) is -4.55. The van der Waals surface area contributed by atoms with Crippen LogP contribution in [0.3, 0.4) is 0 Å². The minimum absolute atomic E-state index is 0.0292. The van der Waals surface area contributed by atoms with Crippen molar-refractivity contribution in [3.8, 4) is 0 Å². The normalized spacial score (nSPS) is 12.8. The van der Waals surface area contributed by atoms with E-state index in [1.165, 1.54) is 24.3 Å². The second-order valence-corrected chi connectivity index (χ2v) is 7.78. The number of halogens is 3. The number of rotatable bonds is 4. The van der Waals surface area contributed by atoms with Crippen LogP contribution in [0.5, 0.6) is 0 Å². The Balaban J connectivity index is 2.19. The first-order valence-electron chi connectivity index (χ1n) is 8.31. The number of hydrogen-bond acceptors (Lipinski definition) is 2. The lowest BCUT2D eigenvalue weighted by molar-refractivity contribution is -0.137. The molecule has 0 aliphatic carbocycles. The van der Waals surface area contributed by atoms with Gasteiger partial charge in [-0.3, -0.25) is 0 Å². The molecule has 0 radical (unpaired) electrons. The van der Waals surface area contributed by atoms with Crippen molar-refractivity contribution < 1.29 is 21.6 Å². The third kappa shape index (κ3) is 4.48. The van der Waals surface area contributed by atoms with E-state index in [0.29, 0.717) is 5.56 Å². The lowest BCUT2D eigenvalue weighted by Crippen LogP contribution is -2.11. The maximum atomic E-state index is 13.1. The monoisotopic (exact) mass is 403 g/mol. The molecule has 28 heavy (non-hydrogen) atoms. The van der Waals surface area contributed by atoms with Gasteiger partial charge >= 0.3 is 6.18 Å². The van der Waals surface area contributed by atoms with E-state index in [1.54, 1.807) is 42.5 Å². The summed E-state index contributed by atoms with van der Waals surface area (Å²) < 4.78 is 68.8. The van der Waals surface area contributed by atoms with Crippen molar-refractivity contribution in [2.75, 3.05) is 0 Å². The maximum Gasteiger partial charge on any atom is 0.416 e. The molecule has 7 heteroatoms. The van der Waals surface area contributed by atoms with Crippen LogP contribution in [-0.2, 0) is 16.2 Å². The van der Waals surface area contributed by atoms with Gasteiger partial charge in [0.1, 0.15) is 0 Å². The lowest BCUT2D eigenvalue weighted by Gasteiger charge is -2.11. The van der Waals surface area contributed by atoms with E-state index in [1.807, 2.05) is 6.92 Å². The van der Waals surface area contributed by atoms with Crippen molar-refractivity contribution in [3.05, 3.63) is 101 Å². The number of aryl methyl sites for hydroxylation is 1. The fraction of sp³-hybridized carbons (Fsp3) is 0.0952. The van der Waals surface area contributed by atoms with Crippen molar-refractivity contribution in [1.29, 1.82) is 0 Å². The summed E-state index contributed by atoms with van der Waals surface area (Å²) in [5, 5.41) is 0. The van der Waals surface area contributed by atoms with Gasteiger partial charge in [0.15, 0.2) is 0 Å². The Bertz CT molecular complexity index is 1100. The molecule has 0 aromatic heterocycles. The molecule has 0 atom stereocenters. The zero-order valence-corrected chi connectivity index (χ0v) is 15.6. The number of alkyl halides is 3. The Hall–Kier alpha value is -2.93. The maximum absolute atomic E-state index is 13.1.